The summed E-state index contributed by atoms with van der Waals surface area (Å²) in [5.74, 6) is -0.107. The Morgan fingerprint density at radius 1 is 1.43 bits per heavy atom. The van der Waals surface area contributed by atoms with Crippen molar-refractivity contribution in [3.8, 4) is 0 Å². The molecule has 0 saturated carbocycles. The maximum absolute atomic E-state index is 10.7. The fourth-order valence-corrected chi connectivity index (χ4v) is 1.77. The molecule has 2 unspecified atom stereocenters. The summed E-state index contributed by atoms with van der Waals surface area (Å²) >= 11 is 0. The van der Waals surface area contributed by atoms with Crippen molar-refractivity contribution in [3.63, 3.8) is 0 Å². The summed E-state index contributed by atoms with van der Waals surface area (Å²) in [5.41, 5.74) is 4.38. The van der Waals surface area contributed by atoms with Gasteiger partial charge >= 0.3 is 0 Å². The molecule has 0 heterocycles. The highest BCUT2D eigenvalue weighted by Crippen LogP contribution is 2.30. The Morgan fingerprint density at radius 3 is 2.36 bits per heavy atom. The summed E-state index contributed by atoms with van der Waals surface area (Å²) in [6.45, 7) is 6.11. The molecule has 0 rings (SSSR count). The van der Waals surface area contributed by atoms with E-state index in [1.807, 2.05) is 13.8 Å². The standard InChI is InChI=1S/C11H23NO2/c1-4-7-11(14,9(3)5-2)8-6-10(12)13/h9,14H,4-8H2,1-3H3,(H2,12,13). The van der Waals surface area contributed by atoms with Crippen LogP contribution in [0.4, 0.5) is 0 Å². The number of hydrogen-bond donors (Lipinski definition) is 2. The van der Waals surface area contributed by atoms with E-state index in [0.717, 1.165) is 19.3 Å². The molecule has 14 heavy (non-hydrogen) atoms. The van der Waals surface area contributed by atoms with Crippen molar-refractivity contribution >= 4 is 5.91 Å². The minimum absolute atomic E-state index is 0.224. The van der Waals surface area contributed by atoms with Gasteiger partial charge in [0.05, 0.1) is 5.60 Å². The van der Waals surface area contributed by atoms with E-state index < -0.39 is 5.60 Å². The molecule has 0 fully saturated rings. The molecule has 0 aliphatic heterocycles. The zero-order chi connectivity index (χ0) is 11.2. The number of primary amides is 1. The van der Waals surface area contributed by atoms with E-state index in [2.05, 4.69) is 6.92 Å². The Kier molecular flexibility index (Phi) is 5.77. The van der Waals surface area contributed by atoms with E-state index in [4.69, 9.17) is 5.73 Å². The largest absolute Gasteiger partial charge is 0.390 e. The molecule has 2 atom stereocenters. The fourth-order valence-electron chi connectivity index (χ4n) is 1.77. The maximum atomic E-state index is 10.7. The Labute approximate surface area is 86.7 Å². The first-order chi connectivity index (χ1) is 6.46. The molecule has 1 amide bonds. The summed E-state index contributed by atoms with van der Waals surface area (Å²) in [6, 6.07) is 0. The lowest BCUT2D eigenvalue weighted by Gasteiger charge is -2.33. The molecule has 0 aromatic heterocycles. The molecule has 0 aromatic carbocycles. The van der Waals surface area contributed by atoms with Gasteiger partial charge in [0.1, 0.15) is 0 Å². The minimum atomic E-state index is -0.710. The molecule has 3 N–H and O–H groups in total. The van der Waals surface area contributed by atoms with Crippen LogP contribution in [0.25, 0.3) is 0 Å². The topological polar surface area (TPSA) is 63.3 Å². The quantitative estimate of drug-likeness (QED) is 0.660. The number of carbonyl (C=O) groups excluding carboxylic acids is 1. The highest BCUT2D eigenvalue weighted by molar-refractivity contribution is 5.73. The predicted molar refractivity (Wildman–Crippen MR) is 57.7 cm³/mol. The lowest BCUT2D eigenvalue weighted by molar-refractivity contribution is -0.120. The van der Waals surface area contributed by atoms with Crippen LogP contribution in [0.1, 0.15) is 52.9 Å². The number of amides is 1. The third-order valence-corrected chi connectivity index (χ3v) is 3.02. The predicted octanol–water partition coefficient (Wildman–Crippen LogP) is 1.83. The molecule has 3 nitrogen and oxygen atoms in total. The highest BCUT2D eigenvalue weighted by Gasteiger charge is 2.31. The first-order valence-electron chi connectivity index (χ1n) is 5.47. The first kappa shape index (κ1) is 13.4. The van der Waals surface area contributed by atoms with Gasteiger partial charge in [-0.1, -0.05) is 33.6 Å². The van der Waals surface area contributed by atoms with Crippen LogP contribution in [0, 0.1) is 5.92 Å². The number of hydrogen-bond acceptors (Lipinski definition) is 2. The molecule has 0 bridgehead atoms. The van der Waals surface area contributed by atoms with Crippen LogP contribution in [0.5, 0.6) is 0 Å². The summed E-state index contributed by atoms with van der Waals surface area (Å²) < 4.78 is 0. The average Bonchev–Trinajstić information content (AvgIpc) is 2.14. The first-order valence-corrected chi connectivity index (χ1v) is 5.47. The lowest BCUT2D eigenvalue weighted by Crippen LogP contribution is -2.37. The Hall–Kier alpha value is -0.570. The summed E-state index contributed by atoms with van der Waals surface area (Å²) in [5, 5.41) is 10.3. The highest BCUT2D eigenvalue weighted by atomic mass is 16.3. The molecule has 0 aliphatic rings. The second-order valence-corrected chi connectivity index (χ2v) is 4.13. The van der Waals surface area contributed by atoms with Gasteiger partial charge in [0.2, 0.25) is 5.91 Å². The van der Waals surface area contributed by atoms with E-state index in [0.29, 0.717) is 6.42 Å². The third-order valence-electron chi connectivity index (χ3n) is 3.02. The van der Waals surface area contributed by atoms with Gasteiger partial charge in [-0.3, -0.25) is 4.79 Å². The molecule has 3 heteroatoms. The van der Waals surface area contributed by atoms with Crippen molar-refractivity contribution in [1.82, 2.24) is 0 Å². The zero-order valence-corrected chi connectivity index (χ0v) is 9.55. The van der Waals surface area contributed by atoms with Crippen molar-refractivity contribution in [2.45, 2.75) is 58.5 Å². The van der Waals surface area contributed by atoms with E-state index in [9.17, 15) is 9.90 Å². The van der Waals surface area contributed by atoms with E-state index in [-0.39, 0.29) is 18.2 Å². The molecule has 0 aliphatic carbocycles. The van der Waals surface area contributed by atoms with Crippen molar-refractivity contribution in [2.24, 2.45) is 11.7 Å². The van der Waals surface area contributed by atoms with Gasteiger partial charge in [-0.05, 0) is 18.8 Å². The van der Waals surface area contributed by atoms with Gasteiger partial charge in [0, 0.05) is 6.42 Å². The SMILES string of the molecule is CCCC(O)(CCC(N)=O)C(C)CC. The number of carbonyl (C=O) groups is 1. The fraction of sp³-hybridized carbons (Fsp3) is 0.909. The van der Waals surface area contributed by atoms with Crippen molar-refractivity contribution in [3.05, 3.63) is 0 Å². The Morgan fingerprint density at radius 2 is 2.00 bits per heavy atom. The number of nitrogens with two attached hydrogens (primary N) is 1. The second kappa shape index (κ2) is 6.02. The Bertz CT molecular complexity index is 182. The monoisotopic (exact) mass is 201 g/mol. The van der Waals surface area contributed by atoms with Gasteiger partial charge in [-0.25, -0.2) is 0 Å². The van der Waals surface area contributed by atoms with Crippen LogP contribution in [0.2, 0.25) is 0 Å². The third kappa shape index (κ3) is 4.09. The zero-order valence-electron chi connectivity index (χ0n) is 9.55. The molecule has 0 spiro atoms. The molecule has 0 radical (unpaired) electrons. The second-order valence-electron chi connectivity index (χ2n) is 4.13. The Balaban J connectivity index is 4.29. The molecular weight excluding hydrogens is 178 g/mol. The van der Waals surface area contributed by atoms with Crippen molar-refractivity contribution in [2.75, 3.05) is 0 Å². The summed E-state index contributed by atoms with van der Waals surface area (Å²) in [6.07, 6.45) is 3.37. The van der Waals surface area contributed by atoms with Gasteiger partial charge < -0.3 is 10.8 Å². The molecule has 0 saturated heterocycles. The number of aliphatic hydroxyl groups is 1. The van der Waals surface area contributed by atoms with Crippen LogP contribution < -0.4 is 5.73 Å². The lowest BCUT2D eigenvalue weighted by atomic mass is 9.80. The van der Waals surface area contributed by atoms with Gasteiger partial charge in [0.15, 0.2) is 0 Å². The molecular formula is C11H23NO2. The van der Waals surface area contributed by atoms with E-state index >= 15 is 0 Å². The van der Waals surface area contributed by atoms with Crippen molar-refractivity contribution in [1.29, 1.82) is 0 Å². The van der Waals surface area contributed by atoms with E-state index in [1.165, 1.54) is 0 Å². The summed E-state index contributed by atoms with van der Waals surface area (Å²) in [7, 11) is 0. The van der Waals surface area contributed by atoms with Crippen LogP contribution in [0.15, 0.2) is 0 Å². The normalized spacial score (nSPS) is 17.4. The van der Waals surface area contributed by atoms with Gasteiger partial charge in [-0.2, -0.15) is 0 Å². The van der Waals surface area contributed by atoms with Crippen LogP contribution in [-0.2, 0) is 4.79 Å². The van der Waals surface area contributed by atoms with Crippen LogP contribution >= 0.6 is 0 Å². The summed E-state index contributed by atoms with van der Waals surface area (Å²) in [4.78, 5) is 10.7. The van der Waals surface area contributed by atoms with Crippen molar-refractivity contribution < 1.29 is 9.90 Å². The minimum Gasteiger partial charge on any atom is -0.390 e. The maximum Gasteiger partial charge on any atom is 0.217 e. The van der Waals surface area contributed by atoms with Crippen LogP contribution in [-0.4, -0.2) is 16.6 Å². The van der Waals surface area contributed by atoms with E-state index in [1.54, 1.807) is 0 Å². The number of rotatable bonds is 7. The van der Waals surface area contributed by atoms with Gasteiger partial charge in [-0.15, -0.1) is 0 Å². The van der Waals surface area contributed by atoms with Gasteiger partial charge in [0.25, 0.3) is 0 Å². The average molecular weight is 201 g/mol. The molecule has 0 aromatic rings. The smallest absolute Gasteiger partial charge is 0.217 e. The molecule has 84 valence electrons. The van der Waals surface area contributed by atoms with Crippen LogP contribution in [0.3, 0.4) is 0 Å².